The maximum Gasteiger partial charge on any atom is 0.328 e. The highest BCUT2D eigenvalue weighted by atomic mass is 16.5. The van der Waals surface area contributed by atoms with E-state index in [0.29, 0.717) is 18.3 Å². The molecular formula is C10H15N3O3. The van der Waals surface area contributed by atoms with Gasteiger partial charge in [-0.25, -0.2) is 0 Å². The fourth-order valence-electron chi connectivity index (χ4n) is 1.20. The molecule has 1 aromatic heterocycles. The molecular weight excluding hydrogens is 210 g/mol. The third kappa shape index (κ3) is 3.03. The van der Waals surface area contributed by atoms with Crippen LogP contribution in [0.1, 0.15) is 25.6 Å². The lowest BCUT2D eigenvalue weighted by molar-refractivity contribution is -0.126. The van der Waals surface area contributed by atoms with Crippen LogP contribution in [0.3, 0.4) is 0 Å². The molecule has 1 aliphatic rings. The first-order valence-electron chi connectivity index (χ1n) is 5.38. The average Bonchev–Trinajstić information content (AvgIpc) is 2.99. The van der Waals surface area contributed by atoms with E-state index in [4.69, 9.17) is 9.26 Å². The van der Waals surface area contributed by atoms with E-state index in [9.17, 15) is 4.79 Å². The topological polar surface area (TPSA) is 77.2 Å². The maximum absolute atomic E-state index is 11.6. The zero-order valence-electron chi connectivity index (χ0n) is 9.40. The number of nitrogens with one attached hydrogen (secondary N) is 1. The summed E-state index contributed by atoms with van der Waals surface area (Å²) in [4.78, 5) is 15.5. The van der Waals surface area contributed by atoms with Gasteiger partial charge in [-0.2, -0.15) is 4.98 Å². The summed E-state index contributed by atoms with van der Waals surface area (Å²) in [5.41, 5.74) is 0. The molecule has 16 heavy (non-hydrogen) atoms. The van der Waals surface area contributed by atoms with Gasteiger partial charge < -0.3 is 9.26 Å². The van der Waals surface area contributed by atoms with Crippen LogP contribution in [0.5, 0.6) is 0 Å². The second-order valence-electron chi connectivity index (χ2n) is 4.05. The van der Waals surface area contributed by atoms with E-state index in [1.807, 2.05) is 0 Å². The van der Waals surface area contributed by atoms with Crippen molar-refractivity contribution in [2.75, 3.05) is 11.9 Å². The third-order valence-corrected chi connectivity index (χ3v) is 2.41. The number of hydrogen-bond donors (Lipinski definition) is 1. The van der Waals surface area contributed by atoms with Crippen molar-refractivity contribution in [1.82, 2.24) is 10.1 Å². The second kappa shape index (κ2) is 4.61. The predicted molar refractivity (Wildman–Crippen MR) is 55.8 cm³/mol. The Bertz CT molecular complexity index is 373. The first-order valence-corrected chi connectivity index (χ1v) is 5.38. The van der Waals surface area contributed by atoms with Gasteiger partial charge in [0.2, 0.25) is 0 Å². The molecule has 0 saturated heterocycles. The van der Waals surface area contributed by atoms with Gasteiger partial charge >= 0.3 is 6.01 Å². The van der Waals surface area contributed by atoms with Crippen molar-refractivity contribution in [3.05, 3.63) is 5.82 Å². The Hall–Kier alpha value is -1.43. The van der Waals surface area contributed by atoms with Gasteiger partial charge in [0, 0.05) is 0 Å². The Labute approximate surface area is 93.4 Å². The maximum atomic E-state index is 11.6. The van der Waals surface area contributed by atoms with Crippen LogP contribution in [0.2, 0.25) is 0 Å². The van der Waals surface area contributed by atoms with Gasteiger partial charge in [-0.3, -0.25) is 10.1 Å². The minimum atomic E-state index is -0.493. The zero-order valence-corrected chi connectivity index (χ0v) is 9.40. The number of anilines is 1. The van der Waals surface area contributed by atoms with Crippen molar-refractivity contribution >= 4 is 11.9 Å². The largest absolute Gasteiger partial charge is 0.368 e. The lowest BCUT2D eigenvalue weighted by Crippen LogP contribution is -2.28. The van der Waals surface area contributed by atoms with Crippen LogP contribution in [-0.4, -0.2) is 28.8 Å². The Morgan fingerprint density at radius 3 is 3.00 bits per heavy atom. The molecule has 1 aromatic rings. The minimum Gasteiger partial charge on any atom is -0.368 e. The molecule has 1 N–H and O–H groups in total. The summed E-state index contributed by atoms with van der Waals surface area (Å²) in [5.74, 6) is 0.868. The Kier molecular flexibility index (Phi) is 3.19. The molecule has 1 fully saturated rings. The first kappa shape index (κ1) is 11.1. The monoisotopic (exact) mass is 225 g/mol. The minimum absolute atomic E-state index is 0.115. The van der Waals surface area contributed by atoms with Crippen LogP contribution >= 0.6 is 0 Å². The number of amides is 1. The van der Waals surface area contributed by atoms with Gasteiger partial charge in [-0.1, -0.05) is 5.16 Å². The van der Waals surface area contributed by atoms with Gasteiger partial charge in [0.15, 0.2) is 5.82 Å². The number of aryl methyl sites for hydroxylation is 1. The third-order valence-electron chi connectivity index (χ3n) is 2.41. The van der Waals surface area contributed by atoms with E-state index in [1.165, 1.54) is 12.8 Å². The van der Waals surface area contributed by atoms with E-state index in [0.717, 1.165) is 0 Å². The Morgan fingerprint density at radius 2 is 2.44 bits per heavy atom. The van der Waals surface area contributed by atoms with E-state index >= 15 is 0 Å². The smallest absolute Gasteiger partial charge is 0.328 e. The molecule has 0 aliphatic heterocycles. The summed E-state index contributed by atoms with van der Waals surface area (Å²) in [6, 6.07) is 0.115. The molecule has 6 nitrogen and oxygen atoms in total. The van der Waals surface area contributed by atoms with Crippen molar-refractivity contribution in [2.24, 2.45) is 5.92 Å². The van der Waals surface area contributed by atoms with Crippen LogP contribution < -0.4 is 5.32 Å². The Balaban J connectivity index is 1.77. The standard InChI is InChI=1S/C10H15N3O3/c1-6(15-5-8-3-4-8)9(14)12-10-11-7(2)13-16-10/h6,8H,3-5H2,1-2H3,(H,11,12,13,14)/t6-/m1/s1. The van der Waals surface area contributed by atoms with Crippen LogP contribution in [-0.2, 0) is 9.53 Å². The highest BCUT2D eigenvalue weighted by molar-refractivity contribution is 5.91. The van der Waals surface area contributed by atoms with E-state index < -0.39 is 6.10 Å². The normalized spacial score (nSPS) is 17.1. The van der Waals surface area contributed by atoms with Crippen LogP contribution in [0.15, 0.2) is 4.52 Å². The van der Waals surface area contributed by atoms with Gasteiger partial charge in [0.25, 0.3) is 5.91 Å². The molecule has 1 atom stereocenters. The lowest BCUT2D eigenvalue weighted by atomic mass is 10.3. The number of aromatic nitrogens is 2. The van der Waals surface area contributed by atoms with Gasteiger partial charge in [0.05, 0.1) is 6.61 Å². The number of carbonyl (C=O) groups excluding carboxylic acids is 1. The molecule has 2 rings (SSSR count). The summed E-state index contributed by atoms with van der Waals surface area (Å²) in [6.45, 7) is 4.05. The quantitative estimate of drug-likeness (QED) is 0.812. The second-order valence-corrected chi connectivity index (χ2v) is 4.05. The summed E-state index contributed by atoms with van der Waals surface area (Å²) < 4.78 is 10.2. The molecule has 6 heteroatoms. The van der Waals surface area contributed by atoms with Crippen LogP contribution in [0.4, 0.5) is 6.01 Å². The van der Waals surface area contributed by atoms with Crippen molar-refractivity contribution in [3.8, 4) is 0 Å². The average molecular weight is 225 g/mol. The summed E-state index contributed by atoms with van der Waals surface area (Å²) in [7, 11) is 0. The number of ether oxygens (including phenoxy) is 1. The molecule has 0 unspecified atom stereocenters. The van der Waals surface area contributed by atoms with Gasteiger partial charge in [-0.15, -0.1) is 0 Å². The summed E-state index contributed by atoms with van der Waals surface area (Å²) in [6.07, 6.45) is 1.92. The Morgan fingerprint density at radius 1 is 1.69 bits per heavy atom. The molecule has 0 spiro atoms. The van der Waals surface area contributed by atoms with Gasteiger partial charge in [-0.05, 0) is 32.6 Å². The summed E-state index contributed by atoms with van der Waals surface area (Å²) >= 11 is 0. The fourth-order valence-corrected chi connectivity index (χ4v) is 1.20. The van der Waals surface area contributed by atoms with E-state index in [-0.39, 0.29) is 11.9 Å². The molecule has 0 radical (unpaired) electrons. The van der Waals surface area contributed by atoms with Crippen molar-refractivity contribution in [1.29, 1.82) is 0 Å². The molecule has 88 valence electrons. The molecule has 0 aromatic carbocycles. The molecule has 1 saturated carbocycles. The van der Waals surface area contributed by atoms with E-state index in [2.05, 4.69) is 15.5 Å². The van der Waals surface area contributed by atoms with Crippen molar-refractivity contribution < 1.29 is 14.1 Å². The summed E-state index contributed by atoms with van der Waals surface area (Å²) in [5, 5.41) is 6.07. The molecule has 1 amide bonds. The zero-order chi connectivity index (χ0) is 11.5. The highest BCUT2D eigenvalue weighted by Crippen LogP contribution is 2.29. The molecule has 0 bridgehead atoms. The lowest BCUT2D eigenvalue weighted by Gasteiger charge is -2.10. The van der Waals surface area contributed by atoms with Crippen molar-refractivity contribution in [3.63, 3.8) is 0 Å². The molecule has 1 heterocycles. The first-order chi connectivity index (χ1) is 7.65. The van der Waals surface area contributed by atoms with Crippen LogP contribution in [0.25, 0.3) is 0 Å². The number of nitrogens with zero attached hydrogens (tertiary/aromatic N) is 2. The number of hydrogen-bond acceptors (Lipinski definition) is 5. The number of rotatable bonds is 5. The predicted octanol–water partition coefficient (Wildman–Crippen LogP) is 1.13. The highest BCUT2D eigenvalue weighted by Gasteiger charge is 2.24. The SMILES string of the molecule is Cc1noc(NC(=O)[C@@H](C)OCC2CC2)n1. The van der Waals surface area contributed by atoms with Crippen LogP contribution in [0, 0.1) is 12.8 Å². The molecule has 1 aliphatic carbocycles. The van der Waals surface area contributed by atoms with Crippen molar-refractivity contribution in [2.45, 2.75) is 32.8 Å². The van der Waals surface area contributed by atoms with E-state index in [1.54, 1.807) is 13.8 Å². The van der Waals surface area contributed by atoms with Gasteiger partial charge in [0.1, 0.15) is 6.10 Å². The fraction of sp³-hybridized carbons (Fsp3) is 0.700. The number of carbonyl (C=O) groups is 1.